The van der Waals surface area contributed by atoms with Crippen LogP contribution in [-0.4, -0.2) is 27.0 Å². The number of benzene rings is 2. The highest BCUT2D eigenvalue weighted by Gasteiger charge is 2.03. The third-order valence-electron chi connectivity index (χ3n) is 2.92. The van der Waals surface area contributed by atoms with Crippen molar-refractivity contribution in [2.75, 3.05) is 20.8 Å². The van der Waals surface area contributed by atoms with Crippen LogP contribution in [0, 0.1) is 0 Å². The molecule has 0 aliphatic carbocycles. The molecule has 0 amide bonds. The van der Waals surface area contributed by atoms with E-state index < -0.39 is 0 Å². The molecule has 110 valence electrons. The molecule has 2 rings (SSSR count). The number of ether oxygens (including phenoxy) is 3. The van der Waals surface area contributed by atoms with Crippen LogP contribution in [0.25, 0.3) is 0 Å². The Morgan fingerprint density at radius 2 is 1.71 bits per heavy atom. The van der Waals surface area contributed by atoms with Crippen molar-refractivity contribution in [1.82, 2.24) is 0 Å². The smallest absolute Gasteiger partial charge is 0.161 e. The van der Waals surface area contributed by atoms with Gasteiger partial charge in [-0.2, -0.15) is 0 Å². The molecule has 0 heterocycles. The molecule has 0 saturated carbocycles. The first-order valence-corrected chi connectivity index (χ1v) is 6.75. The van der Waals surface area contributed by atoms with Gasteiger partial charge in [0.1, 0.15) is 5.75 Å². The maximum atomic E-state index is 5.49. The summed E-state index contributed by atoms with van der Waals surface area (Å²) in [7, 11) is 3.27. The fourth-order valence-electron chi connectivity index (χ4n) is 1.86. The molecule has 0 atom stereocenters. The first kappa shape index (κ1) is 14.9. The second-order valence-corrected chi connectivity index (χ2v) is 4.30. The minimum absolute atomic E-state index is 0.607. The van der Waals surface area contributed by atoms with Crippen LogP contribution >= 0.6 is 0 Å². The van der Waals surface area contributed by atoms with Gasteiger partial charge >= 0.3 is 0 Å². The first-order chi connectivity index (χ1) is 10.3. The van der Waals surface area contributed by atoms with E-state index in [-0.39, 0.29) is 0 Å². The summed E-state index contributed by atoms with van der Waals surface area (Å²) in [5, 5.41) is 0. The van der Waals surface area contributed by atoms with Crippen molar-refractivity contribution in [2.45, 2.75) is 6.92 Å². The van der Waals surface area contributed by atoms with Crippen molar-refractivity contribution in [3.63, 3.8) is 0 Å². The fraction of sp³-hybridized carbons (Fsp3) is 0.235. The zero-order valence-electron chi connectivity index (χ0n) is 12.5. The zero-order valence-corrected chi connectivity index (χ0v) is 12.5. The average Bonchev–Trinajstić information content (AvgIpc) is 2.54. The molecule has 0 fully saturated rings. The summed E-state index contributed by atoms with van der Waals surface area (Å²) in [5.74, 6) is 2.26. The van der Waals surface area contributed by atoms with Crippen molar-refractivity contribution >= 4 is 11.9 Å². The molecular formula is C17H19NO3. The summed E-state index contributed by atoms with van der Waals surface area (Å²) in [4.78, 5) is 4.43. The normalized spacial score (nSPS) is 10.6. The van der Waals surface area contributed by atoms with Crippen molar-refractivity contribution < 1.29 is 14.2 Å². The Labute approximate surface area is 125 Å². The Morgan fingerprint density at radius 1 is 0.952 bits per heavy atom. The van der Waals surface area contributed by atoms with E-state index in [2.05, 4.69) is 4.99 Å². The Bertz CT molecular complexity index is 606. The van der Waals surface area contributed by atoms with Crippen molar-refractivity contribution in [1.29, 1.82) is 0 Å². The molecule has 21 heavy (non-hydrogen) atoms. The predicted octanol–water partition coefficient (Wildman–Crippen LogP) is 3.85. The summed E-state index contributed by atoms with van der Waals surface area (Å²) in [6.45, 7) is 2.55. The Hall–Kier alpha value is -2.49. The van der Waals surface area contributed by atoms with Crippen molar-refractivity contribution in [2.24, 2.45) is 4.99 Å². The van der Waals surface area contributed by atoms with Crippen LogP contribution < -0.4 is 14.2 Å². The average molecular weight is 285 g/mol. The van der Waals surface area contributed by atoms with Gasteiger partial charge in [-0.3, -0.25) is 4.99 Å². The van der Waals surface area contributed by atoms with Gasteiger partial charge in [0.2, 0.25) is 0 Å². The van der Waals surface area contributed by atoms with Gasteiger partial charge in [-0.25, -0.2) is 0 Å². The molecule has 2 aromatic carbocycles. The molecule has 0 unspecified atom stereocenters. The SMILES string of the molecule is CCOc1ccc(C=Nc2ccc(OC)cc2)cc1OC. The molecule has 0 aromatic heterocycles. The van der Waals surface area contributed by atoms with E-state index in [1.54, 1.807) is 20.4 Å². The third-order valence-corrected chi connectivity index (χ3v) is 2.92. The number of aliphatic imine (C=N–C) groups is 1. The fourth-order valence-corrected chi connectivity index (χ4v) is 1.86. The van der Waals surface area contributed by atoms with Gasteiger partial charge in [0, 0.05) is 6.21 Å². The van der Waals surface area contributed by atoms with Crippen molar-refractivity contribution in [3.8, 4) is 17.2 Å². The van der Waals surface area contributed by atoms with Crippen LogP contribution in [0.3, 0.4) is 0 Å². The number of methoxy groups -OCH3 is 2. The minimum atomic E-state index is 0.607. The summed E-state index contributed by atoms with van der Waals surface area (Å²) >= 11 is 0. The molecule has 0 aliphatic heterocycles. The topological polar surface area (TPSA) is 40.0 Å². The molecule has 0 bridgehead atoms. The minimum Gasteiger partial charge on any atom is -0.497 e. The third kappa shape index (κ3) is 3.99. The van der Waals surface area contributed by atoms with E-state index in [1.165, 1.54) is 0 Å². The predicted molar refractivity (Wildman–Crippen MR) is 84.4 cm³/mol. The van der Waals surface area contributed by atoms with E-state index in [4.69, 9.17) is 14.2 Å². The lowest BCUT2D eigenvalue weighted by Crippen LogP contribution is -1.96. The monoisotopic (exact) mass is 285 g/mol. The zero-order chi connectivity index (χ0) is 15.1. The number of hydrogen-bond donors (Lipinski definition) is 0. The van der Waals surface area contributed by atoms with Gasteiger partial charge in [0.25, 0.3) is 0 Å². The Kier molecular flexibility index (Phi) is 5.21. The number of nitrogens with zero attached hydrogens (tertiary/aromatic N) is 1. The maximum Gasteiger partial charge on any atom is 0.161 e. The molecule has 0 N–H and O–H groups in total. The van der Waals surface area contributed by atoms with Crippen LogP contribution in [0.4, 0.5) is 5.69 Å². The van der Waals surface area contributed by atoms with Gasteiger partial charge in [0.15, 0.2) is 11.5 Å². The van der Waals surface area contributed by atoms with E-state index in [9.17, 15) is 0 Å². The van der Waals surface area contributed by atoms with Gasteiger partial charge in [-0.1, -0.05) is 0 Å². The van der Waals surface area contributed by atoms with Crippen molar-refractivity contribution in [3.05, 3.63) is 48.0 Å². The molecule has 0 spiro atoms. The molecule has 4 heteroatoms. The van der Waals surface area contributed by atoms with Crippen LogP contribution in [0.5, 0.6) is 17.2 Å². The molecular weight excluding hydrogens is 266 g/mol. The molecule has 0 aliphatic rings. The van der Waals surface area contributed by atoms with Gasteiger partial charge < -0.3 is 14.2 Å². The molecule has 4 nitrogen and oxygen atoms in total. The Morgan fingerprint density at radius 3 is 2.33 bits per heavy atom. The molecule has 0 saturated heterocycles. The largest absolute Gasteiger partial charge is 0.497 e. The van der Waals surface area contributed by atoms with Gasteiger partial charge in [-0.15, -0.1) is 0 Å². The van der Waals surface area contributed by atoms with Crippen LogP contribution in [0.1, 0.15) is 12.5 Å². The summed E-state index contributed by atoms with van der Waals surface area (Å²) < 4.78 is 15.9. The highest BCUT2D eigenvalue weighted by atomic mass is 16.5. The van der Waals surface area contributed by atoms with Gasteiger partial charge in [0.05, 0.1) is 26.5 Å². The molecule has 0 radical (unpaired) electrons. The summed E-state index contributed by atoms with van der Waals surface area (Å²) in [6, 6.07) is 13.3. The maximum absolute atomic E-state index is 5.49. The summed E-state index contributed by atoms with van der Waals surface area (Å²) in [5.41, 5.74) is 1.81. The highest BCUT2D eigenvalue weighted by molar-refractivity contribution is 5.83. The number of hydrogen-bond acceptors (Lipinski definition) is 4. The lowest BCUT2D eigenvalue weighted by Gasteiger charge is -2.09. The summed E-state index contributed by atoms with van der Waals surface area (Å²) in [6.07, 6.45) is 1.79. The quantitative estimate of drug-likeness (QED) is 0.757. The first-order valence-electron chi connectivity index (χ1n) is 6.75. The lowest BCUT2D eigenvalue weighted by atomic mass is 10.2. The van der Waals surface area contributed by atoms with E-state index in [1.807, 2.05) is 49.4 Å². The van der Waals surface area contributed by atoms with E-state index in [0.29, 0.717) is 12.4 Å². The standard InChI is InChI=1S/C17H19NO3/c1-4-21-16-10-5-13(11-17(16)20-3)12-18-14-6-8-15(19-2)9-7-14/h5-12H,4H2,1-3H3. The van der Waals surface area contributed by atoms with E-state index >= 15 is 0 Å². The number of rotatable bonds is 6. The highest BCUT2D eigenvalue weighted by Crippen LogP contribution is 2.27. The van der Waals surface area contributed by atoms with Crippen LogP contribution in [0.2, 0.25) is 0 Å². The lowest BCUT2D eigenvalue weighted by molar-refractivity contribution is 0.311. The van der Waals surface area contributed by atoms with Crippen LogP contribution in [0.15, 0.2) is 47.5 Å². The van der Waals surface area contributed by atoms with Gasteiger partial charge in [-0.05, 0) is 55.0 Å². The second-order valence-electron chi connectivity index (χ2n) is 4.30. The second kappa shape index (κ2) is 7.33. The molecule has 2 aromatic rings. The van der Waals surface area contributed by atoms with Crippen LogP contribution in [-0.2, 0) is 0 Å². The Balaban J connectivity index is 2.16. The van der Waals surface area contributed by atoms with E-state index in [0.717, 1.165) is 22.7 Å².